The van der Waals surface area contributed by atoms with Crippen molar-refractivity contribution in [2.24, 2.45) is 0 Å². The maximum atomic E-state index is 9.89. The Bertz CT molecular complexity index is 481. The van der Waals surface area contributed by atoms with E-state index < -0.39 is 6.10 Å². The molecular formula is C12H13ClO2S. The minimum Gasteiger partial charge on any atom is -0.457 e. The zero-order chi connectivity index (χ0) is 11.5. The zero-order valence-electron chi connectivity index (χ0n) is 8.94. The molecule has 1 atom stereocenters. The van der Waals surface area contributed by atoms with Gasteiger partial charge >= 0.3 is 0 Å². The first-order chi connectivity index (χ1) is 7.72. The van der Waals surface area contributed by atoms with E-state index in [1.807, 2.05) is 24.5 Å². The monoisotopic (exact) mass is 256 g/mol. The van der Waals surface area contributed by atoms with Crippen molar-refractivity contribution in [3.05, 3.63) is 35.0 Å². The van der Waals surface area contributed by atoms with E-state index in [9.17, 15) is 5.11 Å². The van der Waals surface area contributed by atoms with Gasteiger partial charge in [-0.1, -0.05) is 23.7 Å². The average Bonchev–Trinajstić information content (AvgIpc) is 2.71. The van der Waals surface area contributed by atoms with E-state index in [2.05, 4.69) is 0 Å². The van der Waals surface area contributed by atoms with Gasteiger partial charge in [0, 0.05) is 5.39 Å². The number of benzene rings is 1. The minimum atomic E-state index is -0.545. The summed E-state index contributed by atoms with van der Waals surface area (Å²) in [4.78, 5) is 0. The molecule has 2 nitrogen and oxygen atoms in total. The summed E-state index contributed by atoms with van der Waals surface area (Å²) < 4.78 is 5.57. The quantitative estimate of drug-likeness (QED) is 0.902. The van der Waals surface area contributed by atoms with Crippen LogP contribution >= 0.6 is 23.4 Å². The second-order valence-corrected chi connectivity index (χ2v) is 5.00. The number of halogens is 1. The highest BCUT2D eigenvalue weighted by Gasteiger charge is 2.14. The standard InChI is InChI=1S/C12H13ClO2S/c1-16-6-5-10(14)11-7-8-3-2-4-9(13)12(8)15-11/h2-4,7,10,14H,5-6H2,1H3. The molecule has 0 amide bonds. The number of aliphatic hydroxyl groups excluding tert-OH is 1. The van der Waals surface area contributed by atoms with Crippen LogP contribution in [0.3, 0.4) is 0 Å². The lowest BCUT2D eigenvalue weighted by atomic mass is 10.2. The highest BCUT2D eigenvalue weighted by molar-refractivity contribution is 7.98. The molecule has 1 aromatic heterocycles. The Balaban J connectivity index is 2.29. The fraction of sp³-hybridized carbons (Fsp3) is 0.333. The van der Waals surface area contributed by atoms with E-state index >= 15 is 0 Å². The van der Waals surface area contributed by atoms with Crippen LogP contribution in [-0.2, 0) is 0 Å². The van der Waals surface area contributed by atoms with Crippen LogP contribution in [0.4, 0.5) is 0 Å². The van der Waals surface area contributed by atoms with E-state index in [-0.39, 0.29) is 0 Å². The number of para-hydroxylation sites is 1. The summed E-state index contributed by atoms with van der Waals surface area (Å²) in [5.41, 5.74) is 0.655. The van der Waals surface area contributed by atoms with E-state index in [4.69, 9.17) is 16.0 Å². The van der Waals surface area contributed by atoms with Crippen molar-refractivity contribution in [1.82, 2.24) is 0 Å². The molecule has 1 unspecified atom stereocenters. The predicted molar refractivity (Wildman–Crippen MR) is 69.2 cm³/mol. The number of fused-ring (bicyclic) bond motifs is 1. The molecule has 86 valence electrons. The third-order valence-electron chi connectivity index (χ3n) is 2.44. The number of rotatable bonds is 4. The van der Waals surface area contributed by atoms with Gasteiger partial charge < -0.3 is 9.52 Å². The summed E-state index contributed by atoms with van der Waals surface area (Å²) in [6.45, 7) is 0. The fourth-order valence-corrected chi connectivity index (χ4v) is 2.26. The van der Waals surface area contributed by atoms with Crippen LogP contribution in [0.5, 0.6) is 0 Å². The van der Waals surface area contributed by atoms with Gasteiger partial charge in [0.05, 0.1) is 5.02 Å². The predicted octanol–water partition coefficient (Wildman–Crippen LogP) is 3.87. The maximum absolute atomic E-state index is 9.89. The summed E-state index contributed by atoms with van der Waals surface area (Å²) in [5.74, 6) is 1.50. The van der Waals surface area contributed by atoms with E-state index in [0.717, 1.165) is 11.1 Å². The molecule has 0 aliphatic carbocycles. The Morgan fingerprint density at radius 1 is 1.50 bits per heavy atom. The molecule has 0 saturated heterocycles. The number of thioether (sulfide) groups is 1. The fourth-order valence-electron chi connectivity index (χ4n) is 1.58. The van der Waals surface area contributed by atoms with Crippen LogP contribution < -0.4 is 0 Å². The lowest BCUT2D eigenvalue weighted by molar-refractivity contribution is 0.149. The molecule has 0 bridgehead atoms. The van der Waals surface area contributed by atoms with Gasteiger partial charge in [-0.25, -0.2) is 0 Å². The number of hydrogen-bond donors (Lipinski definition) is 1. The van der Waals surface area contributed by atoms with Crippen LogP contribution in [-0.4, -0.2) is 17.1 Å². The second-order valence-electron chi connectivity index (χ2n) is 3.60. The molecule has 2 aromatic rings. The molecule has 0 aliphatic heterocycles. The summed E-state index contributed by atoms with van der Waals surface area (Å²) >= 11 is 7.71. The normalized spacial score (nSPS) is 13.2. The van der Waals surface area contributed by atoms with Gasteiger partial charge in [0.25, 0.3) is 0 Å². The van der Waals surface area contributed by atoms with E-state index in [1.54, 1.807) is 17.8 Å². The van der Waals surface area contributed by atoms with Crippen molar-refractivity contribution in [2.45, 2.75) is 12.5 Å². The third-order valence-corrected chi connectivity index (χ3v) is 3.38. The lowest BCUT2D eigenvalue weighted by Gasteiger charge is -2.05. The Morgan fingerprint density at radius 3 is 3.00 bits per heavy atom. The van der Waals surface area contributed by atoms with Crippen LogP contribution in [0.1, 0.15) is 18.3 Å². The lowest BCUT2D eigenvalue weighted by Crippen LogP contribution is -1.96. The SMILES string of the molecule is CSCCC(O)c1cc2cccc(Cl)c2o1. The molecule has 0 spiro atoms. The van der Waals surface area contributed by atoms with Gasteiger partial charge in [0.1, 0.15) is 11.9 Å². The Kier molecular flexibility index (Phi) is 3.79. The molecule has 1 N–H and O–H groups in total. The van der Waals surface area contributed by atoms with E-state index in [1.165, 1.54) is 0 Å². The van der Waals surface area contributed by atoms with Crippen molar-refractivity contribution in [3.8, 4) is 0 Å². The van der Waals surface area contributed by atoms with Crippen LogP contribution in [0.15, 0.2) is 28.7 Å². The first-order valence-corrected chi connectivity index (χ1v) is 6.84. The maximum Gasteiger partial charge on any atom is 0.152 e. The third kappa shape index (κ3) is 2.37. The minimum absolute atomic E-state index is 0.545. The summed E-state index contributed by atoms with van der Waals surface area (Å²) in [7, 11) is 0. The molecule has 0 radical (unpaired) electrons. The number of hydrogen-bond acceptors (Lipinski definition) is 3. The number of furan rings is 1. The molecule has 4 heteroatoms. The zero-order valence-corrected chi connectivity index (χ0v) is 10.5. The van der Waals surface area contributed by atoms with Crippen molar-refractivity contribution in [3.63, 3.8) is 0 Å². The Hall–Kier alpha value is -0.640. The molecule has 16 heavy (non-hydrogen) atoms. The molecule has 1 aromatic carbocycles. The van der Waals surface area contributed by atoms with Gasteiger partial charge in [-0.3, -0.25) is 0 Å². The van der Waals surface area contributed by atoms with Gasteiger partial charge in [-0.15, -0.1) is 0 Å². The highest BCUT2D eigenvalue weighted by Crippen LogP contribution is 2.30. The molecule has 0 fully saturated rings. The van der Waals surface area contributed by atoms with Crippen LogP contribution in [0.2, 0.25) is 5.02 Å². The van der Waals surface area contributed by atoms with E-state index in [0.29, 0.717) is 22.8 Å². The van der Waals surface area contributed by atoms with Gasteiger partial charge in [-0.2, -0.15) is 11.8 Å². The topological polar surface area (TPSA) is 33.4 Å². The van der Waals surface area contributed by atoms with Crippen molar-refractivity contribution in [2.75, 3.05) is 12.0 Å². The molecule has 1 heterocycles. The van der Waals surface area contributed by atoms with Crippen LogP contribution in [0, 0.1) is 0 Å². The highest BCUT2D eigenvalue weighted by atomic mass is 35.5. The Morgan fingerprint density at radius 2 is 2.31 bits per heavy atom. The van der Waals surface area contributed by atoms with Crippen molar-refractivity contribution >= 4 is 34.3 Å². The largest absolute Gasteiger partial charge is 0.457 e. The molecule has 0 saturated carbocycles. The van der Waals surface area contributed by atoms with Crippen molar-refractivity contribution in [1.29, 1.82) is 0 Å². The molecule has 2 rings (SSSR count). The summed E-state index contributed by atoms with van der Waals surface area (Å²) in [6, 6.07) is 7.44. The average molecular weight is 257 g/mol. The second kappa shape index (κ2) is 5.13. The molecule has 0 aliphatic rings. The molecular weight excluding hydrogens is 244 g/mol. The van der Waals surface area contributed by atoms with Gasteiger partial charge in [-0.05, 0) is 30.6 Å². The first kappa shape index (κ1) is 11.8. The summed E-state index contributed by atoms with van der Waals surface area (Å²) in [5, 5.41) is 11.4. The van der Waals surface area contributed by atoms with Gasteiger partial charge in [0.15, 0.2) is 5.58 Å². The van der Waals surface area contributed by atoms with Crippen molar-refractivity contribution < 1.29 is 9.52 Å². The Labute approximate surface area is 104 Å². The van der Waals surface area contributed by atoms with Crippen LogP contribution in [0.25, 0.3) is 11.0 Å². The smallest absolute Gasteiger partial charge is 0.152 e. The van der Waals surface area contributed by atoms with Gasteiger partial charge in [0.2, 0.25) is 0 Å². The summed E-state index contributed by atoms with van der Waals surface area (Å²) in [6.07, 6.45) is 2.16. The number of aliphatic hydroxyl groups is 1. The first-order valence-electron chi connectivity index (χ1n) is 5.07.